The minimum Gasteiger partial charge on any atom is -0.465 e. The first-order valence-electron chi connectivity index (χ1n) is 10.8. The van der Waals surface area contributed by atoms with Crippen LogP contribution in [-0.2, 0) is 9.53 Å². The highest BCUT2D eigenvalue weighted by Gasteiger charge is 2.33. The Bertz CT molecular complexity index is 1110. The van der Waals surface area contributed by atoms with Crippen LogP contribution < -0.4 is 0 Å². The molecule has 0 radical (unpaired) electrons. The fraction of sp³-hybridized carbons (Fsp3) is 0.333. The summed E-state index contributed by atoms with van der Waals surface area (Å²) in [5, 5.41) is 4.40. The van der Waals surface area contributed by atoms with Gasteiger partial charge in [-0.15, -0.1) is 0 Å². The molecule has 0 saturated carbocycles. The van der Waals surface area contributed by atoms with Crippen molar-refractivity contribution in [2.45, 2.75) is 19.9 Å². The molecule has 0 aliphatic carbocycles. The van der Waals surface area contributed by atoms with Crippen LogP contribution in [0.4, 0.5) is 0 Å². The Hall–Kier alpha value is -3.23. The predicted octanol–water partition coefficient (Wildman–Crippen LogP) is 3.76. The van der Waals surface area contributed by atoms with Gasteiger partial charge < -0.3 is 14.2 Å². The van der Waals surface area contributed by atoms with Crippen molar-refractivity contribution in [2.75, 3.05) is 32.8 Å². The average Bonchev–Trinajstić information content (AvgIpc) is 3.27. The number of rotatable bonds is 6. The number of benzene rings is 2. The van der Waals surface area contributed by atoms with Gasteiger partial charge in [-0.05, 0) is 55.8 Å². The standard InChI is InChI=1S/C24H25ClN4O4/c1-3-32-24(31)21(17-8-10-20(25)11-9-17)28-12-14-29(15-13-28)23(30)19-6-4-18(5-7-19)22-26-16(2)27-33-22/h4-11,21H,3,12-15H2,1-2H3. The molecular formula is C24H25ClN4O4. The highest BCUT2D eigenvalue weighted by atomic mass is 35.5. The van der Waals surface area contributed by atoms with Crippen LogP contribution in [0.25, 0.3) is 11.5 Å². The Morgan fingerprint density at radius 1 is 1.06 bits per heavy atom. The van der Waals surface area contributed by atoms with Crippen LogP contribution in [0.2, 0.25) is 5.02 Å². The smallest absolute Gasteiger partial charge is 0.328 e. The van der Waals surface area contributed by atoms with Crippen molar-refractivity contribution in [2.24, 2.45) is 0 Å². The predicted molar refractivity (Wildman–Crippen MR) is 123 cm³/mol. The van der Waals surface area contributed by atoms with Gasteiger partial charge in [0.05, 0.1) is 6.61 Å². The van der Waals surface area contributed by atoms with Gasteiger partial charge in [0.15, 0.2) is 5.82 Å². The zero-order valence-electron chi connectivity index (χ0n) is 18.5. The van der Waals surface area contributed by atoms with E-state index in [0.29, 0.717) is 55.1 Å². The van der Waals surface area contributed by atoms with Gasteiger partial charge in [0.25, 0.3) is 11.8 Å². The maximum absolute atomic E-state index is 13.0. The summed E-state index contributed by atoms with van der Waals surface area (Å²) in [6.45, 7) is 5.97. The van der Waals surface area contributed by atoms with Gasteiger partial charge in [0.2, 0.25) is 0 Å². The molecule has 172 valence electrons. The third kappa shape index (κ3) is 5.23. The molecule has 1 aromatic heterocycles. The largest absolute Gasteiger partial charge is 0.465 e. The molecule has 9 heteroatoms. The summed E-state index contributed by atoms with van der Waals surface area (Å²) in [5.41, 5.74) is 2.17. The lowest BCUT2D eigenvalue weighted by Crippen LogP contribution is -2.51. The van der Waals surface area contributed by atoms with Gasteiger partial charge in [0, 0.05) is 42.3 Å². The van der Waals surface area contributed by atoms with Crippen LogP contribution in [0, 0.1) is 6.92 Å². The van der Waals surface area contributed by atoms with Crippen molar-refractivity contribution in [1.82, 2.24) is 19.9 Å². The van der Waals surface area contributed by atoms with E-state index in [-0.39, 0.29) is 11.9 Å². The second-order valence-electron chi connectivity index (χ2n) is 7.76. The summed E-state index contributed by atoms with van der Waals surface area (Å²) in [4.78, 5) is 33.8. The monoisotopic (exact) mass is 468 g/mol. The molecule has 8 nitrogen and oxygen atoms in total. The normalized spacial score (nSPS) is 15.3. The fourth-order valence-corrected chi connectivity index (χ4v) is 4.02. The number of hydrogen-bond acceptors (Lipinski definition) is 7. The molecule has 1 atom stereocenters. The van der Waals surface area contributed by atoms with E-state index in [4.69, 9.17) is 20.9 Å². The Balaban J connectivity index is 1.42. The van der Waals surface area contributed by atoms with Crippen LogP contribution in [0.5, 0.6) is 0 Å². The molecule has 1 fully saturated rings. The van der Waals surface area contributed by atoms with Crippen molar-refractivity contribution in [3.63, 3.8) is 0 Å². The first-order chi connectivity index (χ1) is 16.0. The molecular weight excluding hydrogens is 444 g/mol. The lowest BCUT2D eigenvalue weighted by Gasteiger charge is -2.38. The molecule has 4 rings (SSSR count). The van der Waals surface area contributed by atoms with Crippen LogP contribution in [-0.4, -0.2) is 64.6 Å². The molecule has 33 heavy (non-hydrogen) atoms. The average molecular weight is 469 g/mol. The Morgan fingerprint density at radius 2 is 1.73 bits per heavy atom. The van der Waals surface area contributed by atoms with E-state index in [2.05, 4.69) is 10.1 Å². The van der Waals surface area contributed by atoms with Crippen molar-refractivity contribution >= 4 is 23.5 Å². The topological polar surface area (TPSA) is 88.8 Å². The number of nitrogens with zero attached hydrogens (tertiary/aromatic N) is 4. The summed E-state index contributed by atoms with van der Waals surface area (Å²) in [6.07, 6.45) is 0. The summed E-state index contributed by atoms with van der Waals surface area (Å²) in [5.74, 6) is 0.628. The number of amides is 1. The molecule has 0 N–H and O–H groups in total. The SMILES string of the molecule is CCOC(=O)C(c1ccc(Cl)cc1)N1CCN(C(=O)c2ccc(-c3nc(C)no3)cc2)CC1. The molecule has 1 saturated heterocycles. The van der Waals surface area contributed by atoms with E-state index < -0.39 is 6.04 Å². The maximum atomic E-state index is 13.0. The molecule has 2 aromatic carbocycles. The summed E-state index contributed by atoms with van der Waals surface area (Å²) >= 11 is 6.01. The number of ether oxygens (including phenoxy) is 1. The van der Waals surface area contributed by atoms with Crippen molar-refractivity contribution in [3.8, 4) is 11.5 Å². The molecule has 3 aromatic rings. The van der Waals surface area contributed by atoms with Gasteiger partial charge in [-0.3, -0.25) is 9.69 Å². The van der Waals surface area contributed by atoms with E-state index in [1.807, 2.05) is 17.0 Å². The highest BCUT2D eigenvalue weighted by Crippen LogP contribution is 2.26. The number of aromatic nitrogens is 2. The second-order valence-corrected chi connectivity index (χ2v) is 8.19. The highest BCUT2D eigenvalue weighted by molar-refractivity contribution is 6.30. The van der Waals surface area contributed by atoms with Gasteiger partial charge in [-0.2, -0.15) is 4.98 Å². The molecule has 0 spiro atoms. The number of halogens is 1. The number of hydrogen-bond donors (Lipinski definition) is 0. The first kappa shape index (κ1) is 22.9. The first-order valence-corrected chi connectivity index (χ1v) is 11.2. The zero-order valence-corrected chi connectivity index (χ0v) is 19.3. The Morgan fingerprint density at radius 3 is 2.30 bits per heavy atom. The summed E-state index contributed by atoms with van der Waals surface area (Å²) in [6, 6.07) is 13.8. The van der Waals surface area contributed by atoms with Crippen molar-refractivity contribution in [1.29, 1.82) is 0 Å². The molecule has 2 heterocycles. The van der Waals surface area contributed by atoms with Crippen LogP contribution in [0.1, 0.15) is 34.7 Å². The molecule has 0 bridgehead atoms. The second kappa shape index (κ2) is 10.1. The van der Waals surface area contributed by atoms with Crippen LogP contribution >= 0.6 is 11.6 Å². The third-order valence-electron chi connectivity index (χ3n) is 5.57. The number of esters is 1. The fourth-order valence-electron chi connectivity index (χ4n) is 3.90. The minimum absolute atomic E-state index is 0.0536. The molecule has 1 aliphatic heterocycles. The minimum atomic E-state index is -0.531. The quantitative estimate of drug-likeness (QED) is 0.509. The number of carbonyl (C=O) groups is 2. The van der Waals surface area contributed by atoms with E-state index in [0.717, 1.165) is 11.1 Å². The maximum Gasteiger partial charge on any atom is 0.328 e. The van der Waals surface area contributed by atoms with E-state index in [1.165, 1.54) is 0 Å². The Labute approximate surface area is 197 Å². The summed E-state index contributed by atoms with van der Waals surface area (Å²) in [7, 11) is 0. The van der Waals surface area contributed by atoms with Crippen LogP contribution in [0.15, 0.2) is 53.1 Å². The lowest BCUT2D eigenvalue weighted by atomic mass is 10.0. The van der Waals surface area contributed by atoms with Crippen molar-refractivity contribution < 1.29 is 18.8 Å². The third-order valence-corrected chi connectivity index (χ3v) is 5.82. The van der Waals surface area contributed by atoms with Crippen LogP contribution in [0.3, 0.4) is 0 Å². The zero-order chi connectivity index (χ0) is 23.4. The number of carbonyl (C=O) groups excluding carboxylic acids is 2. The van der Waals surface area contributed by atoms with E-state index in [1.54, 1.807) is 55.1 Å². The number of piperazine rings is 1. The van der Waals surface area contributed by atoms with Gasteiger partial charge in [-0.25, -0.2) is 4.79 Å². The molecule has 1 amide bonds. The lowest BCUT2D eigenvalue weighted by molar-refractivity contribution is -0.150. The van der Waals surface area contributed by atoms with Crippen molar-refractivity contribution in [3.05, 3.63) is 70.5 Å². The Kier molecular flexibility index (Phi) is 7.05. The van der Waals surface area contributed by atoms with Gasteiger partial charge in [0.1, 0.15) is 6.04 Å². The number of aryl methyl sites for hydroxylation is 1. The molecule has 1 unspecified atom stereocenters. The van der Waals surface area contributed by atoms with E-state index in [9.17, 15) is 9.59 Å². The summed E-state index contributed by atoms with van der Waals surface area (Å²) < 4.78 is 10.5. The molecule has 1 aliphatic rings. The van der Waals surface area contributed by atoms with Gasteiger partial charge in [-0.1, -0.05) is 28.9 Å². The van der Waals surface area contributed by atoms with E-state index >= 15 is 0 Å². The van der Waals surface area contributed by atoms with Gasteiger partial charge >= 0.3 is 5.97 Å².